The summed E-state index contributed by atoms with van der Waals surface area (Å²) in [5.41, 5.74) is 1.17. The van der Waals surface area contributed by atoms with Gasteiger partial charge in [-0.1, -0.05) is 26.0 Å². The van der Waals surface area contributed by atoms with Crippen molar-refractivity contribution in [1.82, 2.24) is 20.1 Å². The zero-order valence-electron chi connectivity index (χ0n) is 17.9. The summed E-state index contributed by atoms with van der Waals surface area (Å²) in [5.74, 6) is 1.76. The number of hydrogen-bond acceptors (Lipinski definition) is 3. The first kappa shape index (κ1) is 25.3. The van der Waals surface area contributed by atoms with Gasteiger partial charge in [0.1, 0.15) is 12.4 Å². The molecule has 1 aromatic carbocycles. The van der Waals surface area contributed by atoms with Crippen LogP contribution in [0.4, 0.5) is 0 Å². The molecule has 0 fully saturated rings. The van der Waals surface area contributed by atoms with Gasteiger partial charge in [-0.25, -0.2) is 4.99 Å². The van der Waals surface area contributed by atoms with Crippen molar-refractivity contribution >= 4 is 29.9 Å². The number of nitrogens with zero attached hydrogens (tertiary/aromatic N) is 3. The zero-order chi connectivity index (χ0) is 20.0. The summed E-state index contributed by atoms with van der Waals surface area (Å²) in [6.07, 6.45) is 4.13. The summed E-state index contributed by atoms with van der Waals surface area (Å²) in [4.78, 5) is 7.03. The van der Waals surface area contributed by atoms with Gasteiger partial charge in [0, 0.05) is 38.6 Å². The quantitative estimate of drug-likeness (QED) is 0.259. The van der Waals surface area contributed by atoms with Crippen molar-refractivity contribution in [2.45, 2.75) is 33.9 Å². The summed E-state index contributed by atoms with van der Waals surface area (Å²) in [5, 5.41) is 6.67. The number of hydrogen-bond donors (Lipinski definition) is 2. The second-order valence-corrected chi connectivity index (χ2v) is 6.56. The minimum Gasteiger partial charge on any atom is -0.492 e. The largest absolute Gasteiger partial charge is 0.492 e. The maximum absolute atomic E-state index is 5.84. The van der Waals surface area contributed by atoms with Gasteiger partial charge in [-0.15, -0.1) is 24.0 Å². The fourth-order valence-corrected chi connectivity index (χ4v) is 2.86. The molecule has 0 saturated heterocycles. The molecule has 162 valence electrons. The van der Waals surface area contributed by atoms with Crippen molar-refractivity contribution in [1.29, 1.82) is 0 Å². The summed E-state index contributed by atoms with van der Waals surface area (Å²) >= 11 is 0. The van der Waals surface area contributed by atoms with E-state index >= 15 is 0 Å². The summed E-state index contributed by atoms with van der Waals surface area (Å²) in [6.45, 7) is 13.5. The van der Waals surface area contributed by atoms with E-state index in [1.54, 1.807) is 0 Å². The van der Waals surface area contributed by atoms with Gasteiger partial charge in [0.05, 0.1) is 6.54 Å². The van der Waals surface area contributed by atoms with Crippen LogP contribution >= 0.6 is 24.0 Å². The highest BCUT2D eigenvalue weighted by Gasteiger charge is 2.01. The van der Waals surface area contributed by atoms with Crippen molar-refractivity contribution < 1.29 is 4.74 Å². The van der Waals surface area contributed by atoms with E-state index in [4.69, 9.17) is 4.74 Å². The van der Waals surface area contributed by atoms with E-state index in [2.05, 4.69) is 70.4 Å². The number of aromatic nitrogens is 1. The molecule has 2 aromatic rings. The molecule has 0 bridgehead atoms. The first-order chi connectivity index (χ1) is 13.7. The van der Waals surface area contributed by atoms with Gasteiger partial charge in [-0.2, -0.15) is 0 Å². The van der Waals surface area contributed by atoms with Gasteiger partial charge in [-0.05, 0) is 49.8 Å². The Bertz CT molecular complexity index is 669. The lowest BCUT2D eigenvalue weighted by Crippen LogP contribution is -2.38. The molecule has 1 heterocycles. The molecular formula is C22H36IN5O. The Morgan fingerprint density at radius 2 is 1.72 bits per heavy atom. The number of halogens is 1. The normalized spacial score (nSPS) is 11.2. The van der Waals surface area contributed by atoms with Crippen molar-refractivity contribution in [3.05, 3.63) is 54.4 Å². The Labute approximate surface area is 192 Å². The first-order valence-corrected chi connectivity index (χ1v) is 10.3. The maximum Gasteiger partial charge on any atom is 0.191 e. The molecule has 1 aromatic heterocycles. The Morgan fingerprint density at radius 3 is 2.34 bits per heavy atom. The summed E-state index contributed by atoms with van der Waals surface area (Å²) in [7, 11) is 0. The number of likely N-dealkylation sites (N-methyl/N-ethyl adjacent to an activating group) is 1. The second-order valence-electron chi connectivity index (χ2n) is 6.56. The number of ether oxygens (including phenoxy) is 1. The molecule has 0 unspecified atom stereocenters. The van der Waals surface area contributed by atoms with Crippen LogP contribution in [0.3, 0.4) is 0 Å². The predicted molar refractivity (Wildman–Crippen MR) is 132 cm³/mol. The number of rotatable bonds is 12. The van der Waals surface area contributed by atoms with Crippen LogP contribution in [-0.4, -0.2) is 54.8 Å². The van der Waals surface area contributed by atoms with Crippen molar-refractivity contribution in [3.63, 3.8) is 0 Å². The molecule has 0 amide bonds. The van der Waals surface area contributed by atoms with Gasteiger partial charge < -0.3 is 24.8 Å². The molecule has 2 rings (SSSR count). The SMILES string of the molecule is CCNC(=NCc1ccc(OCCN(CC)CC)cc1)NCCn1cccc1.I. The lowest BCUT2D eigenvalue weighted by atomic mass is 10.2. The van der Waals surface area contributed by atoms with Crippen LogP contribution in [0, 0.1) is 0 Å². The van der Waals surface area contributed by atoms with Crippen LogP contribution in [0.15, 0.2) is 53.8 Å². The van der Waals surface area contributed by atoms with Gasteiger partial charge in [-0.3, -0.25) is 0 Å². The molecule has 29 heavy (non-hydrogen) atoms. The molecule has 0 aliphatic rings. The minimum atomic E-state index is 0. The third-order valence-corrected chi connectivity index (χ3v) is 4.59. The van der Waals surface area contributed by atoms with E-state index in [1.807, 2.05) is 24.3 Å². The predicted octanol–water partition coefficient (Wildman–Crippen LogP) is 3.58. The zero-order valence-corrected chi connectivity index (χ0v) is 20.3. The highest BCUT2D eigenvalue weighted by Crippen LogP contribution is 2.13. The monoisotopic (exact) mass is 513 g/mol. The van der Waals surface area contributed by atoms with E-state index in [-0.39, 0.29) is 24.0 Å². The van der Waals surface area contributed by atoms with E-state index in [0.717, 1.165) is 57.6 Å². The lowest BCUT2D eigenvalue weighted by Gasteiger charge is -2.18. The fourth-order valence-electron chi connectivity index (χ4n) is 2.86. The summed E-state index contributed by atoms with van der Waals surface area (Å²) in [6, 6.07) is 12.3. The van der Waals surface area contributed by atoms with Crippen LogP contribution < -0.4 is 15.4 Å². The Kier molecular flexibility index (Phi) is 13.2. The molecule has 0 aliphatic heterocycles. The Balaban J connectivity index is 0.00000420. The molecule has 0 saturated carbocycles. The molecule has 7 heteroatoms. The third-order valence-electron chi connectivity index (χ3n) is 4.59. The van der Waals surface area contributed by atoms with Gasteiger partial charge in [0.25, 0.3) is 0 Å². The van der Waals surface area contributed by atoms with Gasteiger partial charge in [0.2, 0.25) is 0 Å². The van der Waals surface area contributed by atoms with E-state index < -0.39 is 0 Å². The molecule has 0 aliphatic carbocycles. The highest BCUT2D eigenvalue weighted by atomic mass is 127. The second kappa shape index (κ2) is 15.1. The topological polar surface area (TPSA) is 53.8 Å². The van der Waals surface area contributed by atoms with Crippen molar-refractivity contribution in [3.8, 4) is 5.75 Å². The fraction of sp³-hybridized carbons (Fsp3) is 0.500. The maximum atomic E-state index is 5.84. The number of aliphatic imine (C=N–C) groups is 1. The molecular weight excluding hydrogens is 477 g/mol. The van der Waals surface area contributed by atoms with Crippen LogP contribution in [0.5, 0.6) is 5.75 Å². The molecule has 0 radical (unpaired) electrons. The van der Waals surface area contributed by atoms with Gasteiger partial charge >= 0.3 is 0 Å². The average molecular weight is 513 g/mol. The third kappa shape index (κ3) is 10.0. The molecule has 2 N–H and O–H groups in total. The van der Waals surface area contributed by atoms with Gasteiger partial charge in [0.15, 0.2) is 5.96 Å². The first-order valence-electron chi connectivity index (χ1n) is 10.3. The van der Waals surface area contributed by atoms with Crippen LogP contribution in [0.2, 0.25) is 0 Å². The van der Waals surface area contributed by atoms with Crippen LogP contribution in [0.1, 0.15) is 26.3 Å². The van der Waals surface area contributed by atoms with Crippen molar-refractivity contribution in [2.75, 3.05) is 39.3 Å². The Morgan fingerprint density at radius 1 is 1.03 bits per heavy atom. The number of guanidine groups is 1. The van der Waals surface area contributed by atoms with Crippen LogP contribution in [-0.2, 0) is 13.1 Å². The van der Waals surface area contributed by atoms with Crippen molar-refractivity contribution in [2.24, 2.45) is 4.99 Å². The molecule has 6 nitrogen and oxygen atoms in total. The van der Waals surface area contributed by atoms with Crippen LogP contribution in [0.25, 0.3) is 0 Å². The van der Waals surface area contributed by atoms with E-state index in [0.29, 0.717) is 6.54 Å². The van der Waals surface area contributed by atoms with E-state index in [1.165, 1.54) is 5.56 Å². The summed E-state index contributed by atoms with van der Waals surface area (Å²) < 4.78 is 7.99. The molecule has 0 spiro atoms. The lowest BCUT2D eigenvalue weighted by molar-refractivity contribution is 0.223. The standard InChI is InChI=1S/C22H35N5O.HI/c1-4-23-22(24-13-16-27-14-7-8-15-27)25-19-20-9-11-21(12-10-20)28-18-17-26(5-2)6-3;/h7-12,14-15H,4-6,13,16-19H2,1-3H3,(H2,23,24,25);1H. The Hall–Kier alpha value is -1.74. The average Bonchev–Trinajstić information content (AvgIpc) is 3.24. The highest BCUT2D eigenvalue weighted by molar-refractivity contribution is 14.0. The number of benzene rings is 1. The van der Waals surface area contributed by atoms with E-state index in [9.17, 15) is 0 Å². The smallest absolute Gasteiger partial charge is 0.191 e. The number of nitrogens with one attached hydrogen (secondary N) is 2. The molecule has 0 atom stereocenters. The minimum absolute atomic E-state index is 0.